The van der Waals surface area contributed by atoms with Gasteiger partial charge in [-0.25, -0.2) is 9.98 Å². The van der Waals surface area contributed by atoms with Gasteiger partial charge in [0.1, 0.15) is 0 Å². The first-order chi connectivity index (χ1) is 11.3. The Morgan fingerprint density at radius 3 is 2.96 bits per heavy atom. The summed E-state index contributed by atoms with van der Waals surface area (Å²) < 4.78 is 10.6. The first-order valence-electron chi connectivity index (χ1n) is 7.67. The second-order valence-electron chi connectivity index (χ2n) is 5.35. The third-order valence-electron chi connectivity index (χ3n) is 3.82. The average Bonchev–Trinajstić information content (AvgIpc) is 2.59. The molecule has 3 rings (SSSR count). The third kappa shape index (κ3) is 3.77. The minimum Gasteiger partial charge on any atom is -0.480 e. The van der Waals surface area contributed by atoms with Crippen LogP contribution < -0.4 is 10.5 Å². The molecule has 1 aromatic carbocycles. The van der Waals surface area contributed by atoms with Crippen LogP contribution in [-0.4, -0.2) is 36.3 Å². The second kappa shape index (κ2) is 7.09. The first kappa shape index (κ1) is 15.3. The van der Waals surface area contributed by atoms with Gasteiger partial charge in [-0.15, -0.1) is 0 Å². The fourth-order valence-electron chi connectivity index (χ4n) is 2.62. The summed E-state index contributed by atoms with van der Waals surface area (Å²) in [6.45, 7) is 1.21. The number of nitrogens with two attached hydrogens (primary N) is 1. The molecule has 6 heteroatoms. The molecule has 120 valence electrons. The highest BCUT2D eigenvalue weighted by molar-refractivity contribution is 5.71. The molecule has 0 saturated heterocycles. The summed E-state index contributed by atoms with van der Waals surface area (Å²) in [5, 5.41) is 0. The predicted octanol–water partition coefficient (Wildman–Crippen LogP) is 1.97. The summed E-state index contributed by atoms with van der Waals surface area (Å²) >= 11 is 0. The molecule has 0 aliphatic carbocycles. The Kier molecular flexibility index (Phi) is 4.71. The first-order valence-corrected chi connectivity index (χ1v) is 7.67. The van der Waals surface area contributed by atoms with Crippen molar-refractivity contribution in [3.63, 3.8) is 0 Å². The van der Waals surface area contributed by atoms with Crippen molar-refractivity contribution in [3.8, 4) is 17.1 Å². The number of methoxy groups -OCH3 is 1. The molecule has 1 aliphatic heterocycles. The highest BCUT2D eigenvalue weighted by Gasteiger charge is 2.10. The number of benzene rings is 1. The van der Waals surface area contributed by atoms with E-state index in [1.165, 1.54) is 11.1 Å². The summed E-state index contributed by atoms with van der Waals surface area (Å²) in [6.07, 6.45) is 6.06. The van der Waals surface area contributed by atoms with Gasteiger partial charge in [0.25, 0.3) is 6.02 Å². The van der Waals surface area contributed by atoms with Crippen LogP contribution >= 0.6 is 0 Å². The number of rotatable bonds is 2. The molecule has 2 heterocycles. The molecule has 0 unspecified atom stereocenters. The van der Waals surface area contributed by atoms with E-state index in [9.17, 15) is 0 Å². The monoisotopic (exact) mass is 312 g/mol. The number of hydrogen-bond donors (Lipinski definition) is 1. The third-order valence-corrected chi connectivity index (χ3v) is 3.82. The molecular formula is C17H20N4O2. The normalized spacial score (nSPS) is 15.1. The minimum atomic E-state index is 0.281. The van der Waals surface area contributed by atoms with Crippen LogP contribution in [-0.2, 0) is 17.6 Å². The molecule has 0 saturated carbocycles. The van der Waals surface area contributed by atoms with Crippen molar-refractivity contribution in [3.05, 3.63) is 41.7 Å². The van der Waals surface area contributed by atoms with Crippen LogP contribution in [0.25, 0.3) is 11.3 Å². The van der Waals surface area contributed by atoms with Crippen molar-refractivity contribution in [2.24, 2.45) is 10.7 Å². The van der Waals surface area contributed by atoms with E-state index in [0.717, 1.165) is 30.5 Å². The molecule has 1 aromatic heterocycles. The molecule has 0 spiro atoms. The molecule has 0 amide bonds. The smallest absolute Gasteiger partial charge is 0.281 e. The van der Waals surface area contributed by atoms with E-state index < -0.39 is 0 Å². The summed E-state index contributed by atoms with van der Waals surface area (Å²) in [4.78, 5) is 12.8. The van der Waals surface area contributed by atoms with Gasteiger partial charge in [0.2, 0.25) is 5.88 Å². The largest absolute Gasteiger partial charge is 0.480 e. The van der Waals surface area contributed by atoms with Crippen LogP contribution in [0.2, 0.25) is 0 Å². The zero-order valence-corrected chi connectivity index (χ0v) is 13.2. The van der Waals surface area contributed by atoms with E-state index in [0.29, 0.717) is 19.0 Å². The zero-order valence-electron chi connectivity index (χ0n) is 13.2. The number of aryl methyl sites for hydroxylation is 1. The highest BCUT2D eigenvalue weighted by atomic mass is 16.5. The Morgan fingerprint density at radius 1 is 1.17 bits per heavy atom. The lowest BCUT2D eigenvalue weighted by molar-refractivity contribution is 0.301. The van der Waals surface area contributed by atoms with E-state index in [4.69, 9.17) is 15.2 Å². The molecule has 2 N–H and O–H groups in total. The van der Waals surface area contributed by atoms with Gasteiger partial charge in [0, 0.05) is 18.5 Å². The molecule has 2 aromatic rings. The van der Waals surface area contributed by atoms with Crippen LogP contribution in [0.15, 0.2) is 35.6 Å². The molecule has 0 fully saturated rings. The maximum Gasteiger partial charge on any atom is 0.281 e. The van der Waals surface area contributed by atoms with Crippen molar-refractivity contribution in [2.45, 2.75) is 19.3 Å². The number of aromatic nitrogens is 2. The molecule has 1 aliphatic rings. The molecule has 6 nitrogen and oxygen atoms in total. The summed E-state index contributed by atoms with van der Waals surface area (Å²) in [7, 11) is 1.59. The van der Waals surface area contributed by atoms with Crippen molar-refractivity contribution >= 4 is 6.02 Å². The van der Waals surface area contributed by atoms with Gasteiger partial charge in [-0.3, -0.25) is 4.98 Å². The van der Waals surface area contributed by atoms with Crippen LogP contribution in [0.5, 0.6) is 5.88 Å². The SMILES string of the molecule is COc1cncc(-c2ccc3c(c2)CCOC(N)=NCCC3)n1. The van der Waals surface area contributed by atoms with Gasteiger partial charge in [-0.05, 0) is 30.0 Å². The van der Waals surface area contributed by atoms with Crippen LogP contribution in [0, 0.1) is 0 Å². The molecule has 0 bridgehead atoms. The van der Waals surface area contributed by atoms with Crippen LogP contribution in [0.4, 0.5) is 0 Å². The fourth-order valence-corrected chi connectivity index (χ4v) is 2.62. The van der Waals surface area contributed by atoms with Crippen LogP contribution in [0.1, 0.15) is 17.5 Å². The van der Waals surface area contributed by atoms with Gasteiger partial charge in [0.15, 0.2) is 0 Å². The maximum atomic E-state index is 5.69. The number of ether oxygens (including phenoxy) is 2. The lowest BCUT2D eigenvalue weighted by Gasteiger charge is -2.14. The molecule has 0 radical (unpaired) electrons. The van der Waals surface area contributed by atoms with E-state index in [1.807, 2.05) is 0 Å². The Morgan fingerprint density at radius 2 is 2.09 bits per heavy atom. The summed E-state index contributed by atoms with van der Waals surface area (Å²) in [5.41, 5.74) is 10.1. The molecular weight excluding hydrogens is 292 g/mol. The lowest BCUT2D eigenvalue weighted by atomic mass is 9.97. The van der Waals surface area contributed by atoms with Crippen molar-refractivity contribution in [1.29, 1.82) is 0 Å². The number of hydrogen-bond acceptors (Lipinski definition) is 6. The zero-order chi connectivity index (χ0) is 16.1. The minimum absolute atomic E-state index is 0.281. The van der Waals surface area contributed by atoms with Crippen molar-refractivity contribution in [1.82, 2.24) is 9.97 Å². The Labute approximate surface area is 135 Å². The van der Waals surface area contributed by atoms with Gasteiger partial charge in [-0.1, -0.05) is 12.1 Å². The average molecular weight is 312 g/mol. The molecule has 23 heavy (non-hydrogen) atoms. The Balaban J connectivity index is 1.89. The predicted molar refractivity (Wildman–Crippen MR) is 88.5 cm³/mol. The fraction of sp³-hybridized carbons (Fsp3) is 0.353. The van der Waals surface area contributed by atoms with Crippen LogP contribution in [0.3, 0.4) is 0 Å². The van der Waals surface area contributed by atoms with Crippen molar-refractivity contribution < 1.29 is 9.47 Å². The van der Waals surface area contributed by atoms with Gasteiger partial charge in [-0.2, -0.15) is 0 Å². The quantitative estimate of drug-likeness (QED) is 0.916. The topological polar surface area (TPSA) is 82.6 Å². The Bertz CT molecular complexity index is 715. The standard InChI is InChI=1S/C17H20N4O2/c1-22-16-11-19-10-15(21-16)14-5-4-12-3-2-7-20-17(18)23-8-6-13(12)9-14/h4-5,9-11H,2-3,6-8H2,1H3,(H2,18,20). The number of fused-ring (bicyclic) bond motifs is 1. The number of aliphatic imine (C=N–C) groups is 1. The maximum absolute atomic E-state index is 5.69. The highest BCUT2D eigenvalue weighted by Crippen LogP contribution is 2.23. The van der Waals surface area contributed by atoms with Crippen molar-refractivity contribution in [2.75, 3.05) is 20.3 Å². The Hall–Kier alpha value is -2.63. The lowest BCUT2D eigenvalue weighted by Crippen LogP contribution is -2.19. The van der Waals surface area contributed by atoms with E-state index in [-0.39, 0.29) is 6.02 Å². The summed E-state index contributed by atoms with van der Waals surface area (Å²) in [6, 6.07) is 6.66. The number of nitrogens with zero attached hydrogens (tertiary/aromatic N) is 3. The van der Waals surface area contributed by atoms with Gasteiger partial charge >= 0.3 is 0 Å². The van der Waals surface area contributed by atoms with E-state index in [2.05, 4.69) is 33.2 Å². The summed E-state index contributed by atoms with van der Waals surface area (Å²) in [5.74, 6) is 0.509. The second-order valence-corrected chi connectivity index (χ2v) is 5.35. The number of amidine groups is 1. The van der Waals surface area contributed by atoms with E-state index in [1.54, 1.807) is 19.5 Å². The van der Waals surface area contributed by atoms with Gasteiger partial charge in [0.05, 0.1) is 31.8 Å². The van der Waals surface area contributed by atoms with Gasteiger partial charge < -0.3 is 15.2 Å². The molecule has 0 atom stereocenters. The van der Waals surface area contributed by atoms with E-state index >= 15 is 0 Å².